The second-order valence-corrected chi connectivity index (χ2v) is 3.78. The zero-order chi connectivity index (χ0) is 13.9. The van der Waals surface area contributed by atoms with Crippen LogP contribution in [0.4, 0.5) is 18.0 Å². The molecule has 1 saturated heterocycles. The zero-order valence-electron chi connectivity index (χ0n) is 9.62. The molecule has 18 heavy (non-hydrogen) atoms. The molecule has 0 radical (unpaired) electrons. The van der Waals surface area contributed by atoms with E-state index < -0.39 is 36.3 Å². The maximum absolute atomic E-state index is 12.2. The molecule has 1 aliphatic heterocycles. The van der Waals surface area contributed by atoms with Crippen molar-refractivity contribution >= 4 is 17.7 Å². The first-order valence-corrected chi connectivity index (χ1v) is 5.32. The summed E-state index contributed by atoms with van der Waals surface area (Å²) in [5.74, 6) is -4.73. The normalized spacial score (nSPS) is 20.8. The third kappa shape index (κ3) is 3.21. The Hall–Kier alpha value is -1.60. The highest BCUT2D eigenvalue weighted by atomic mass is 19.4. The van der Waals surface area contributed by atoms with E-state index >= 15 is 0 Å². The Bertz CT molecular complexity index is 367. The Morgan fingerprint density at radius 3 is 2.56 bits per heavy atom. The van der Waals surface area contributed by atoms with Crippen LogP contribution in [0.1, 0.15) is 13.3 Å². The SMILES string of the molecule is CCOC(=O)N1CCC(=O)C(C(=O)C(F)(F)F)C1. The second kappa shape index (κ2) is 5.36. The summed E-state index contributed by atoms with van der Waals surface area (Å²) in [6.07, 6.45) is -6.16. The first kappa shape index (κ1) is 14.5. The predicted molar refractivity (Wildman–Crippen MR) is 52.8 cm³/mol. The van der Waals surface area contributed by atoms with Crippen molar-refractivity contribution in [3.05, 3.63) is 0 Å². The number of likely N-dealkylation sites (tertiary alicyclic amines) is 1. The first-order valence-electron chi connectivity index (χ1n) is 5.32. The van der Waals surface area contributed by atoms with Gasteiger partial charge in [0.2, 0.25) is 5.78 Å². The highest BCUT2D eigenvalue weighted by Crippen LogP contribution is 2.25. The molecule has 102 valence electrons. The molecule has 1 rings (SSSR count). The number of hydrogen-bond acceptors (Lipinski definition) is 4. The Morgan fingerprint density at radius 1 is 1.44 bits per heavy atom. The van der Waals surface area contributed by atoms with Crippen molar-refractivity contribution in [3.63, 3.8) is 0 Å². The van der Waals surface area contributed by atoms with Gasteiger partial charge in [0, 0.05) is 19.5 Å². The van der Waals surface area contributed by atoms with Crippen LogP contribution in [0.15, 0.2) is 0 Å². The fraction of sp³-hybridized carbons (Fsp3) is 0.700. The van der Waals surface area contributed by atoms with E-state index in [4.69, 9.17) is 0 Å². The van der Waals surface area contributed by atoms with Gasteiger partial charge in [0.15, 0.2) is 0 Å². The summed E-state index contributed by atoms with van der Waals surface area (Å²) < 4.78 is 41.4. The molecule has 1 fully saturated rings. The van der Waals surface area contributed by atoms with E-state index in [-0.39, 0.29) is 19.6 Å². The third-order valence-corrected chi connectivity index (χ3v) is 2.54. The van der Waals surface area contributed by atoms with E-state index in [2.05, 4.69) is 4.74 Å². The average molecular weight is 267 g/mol. The molecule has 8 heteroatoms. The maximum atomic E-state index is 12.2. The van der Waals surface area contributed by atoms with Crippen LogP contribution in [0, 0.1) is 5.92 Å². The maximum Gasteiger partial charge on any atom is 0.450 e. The number of ketones is 2. The number of nitrogens with zero attached hydrogens (tertiary/aromatic N) is 1. The van der Waals surface area contributed by atoms with Gasteiger partial charge in [0.1, 0.15) is 11.7 Å². The van der Waals surface area contributed by atoms with Gasteiger partial charge in [-0.15, -0.1) is 0 Å². The largest absolute Gasteiger partial charge is 0.450 e. The second-order valence-electron chi connectivity index (χ2n) is 3.78. The van der Waals surface area contributed by atoms with Crippen molar-refractivity contribution in [1.29, 1.82) is 0 Å². The Labute approximate surface area is 101 Å². The summed E-state index contributed by atoms with van der Waals surface area (Å²) in [5.41, 5.74) is 0. The van der Waals surface area contributed by atoms with Crippen molar-refractivity contribution in [2.75, 3.05) is 19.7 Å². The average Bonchev–Trinajstić information content (AvgIpc) is 2.27. The molecule has 0 N–H and O–H groups in total. The molecule has 1 unspecified atom stereocenters. The van der Waals surface area contributed by atoms with Gasteiger partial charge in [-0.1, -0.05) is 0 Å². The lowest BCUT2D eigenvalue weighted by molar-refractivity contribution is -0.178. The van der Waals surface area contributed by atoms with Gasteiger partial charge in [-0.3, -0.25) is 9.59 Å². The zero-order valence-corrected chi connectivity index (χ0v) is 9.62. The predicted octanol–water partition coefficient (Wildman–Crippen LogP) is 1.17. The van der Waals surface area contributed by atoms with E-state index in [1.54, 1.807) is 6.92 Å². The van der Waals surface area contributed by atoms with Crippen LogP contribution in [0.3, 0.4) is 0 Å². The van der Waals surface area contributed by atoms with Crippen molar-refractivity contribution in [3.8, 4) is 0 Å². The summed E-state index contributed by atoms with van der Waals surface area (Å²) in [6.45, 7) is 1.02. The minimum atomic E-state index is -5.07. The molecule has 1 heterocycles. The summed E-state index contributed by atoms with van der Waals surface area (Å²) in [7, 11) is 0. The van der Waals surface area contributed by atoms with Crippen LogP contribution in [-0.2, 0) is 14.3 Å². The van der Waals surface area contributed by atoms with Crippen molar-refractivity contribution < 1.29 is 32.3 Å². The van der Waals surface area contributed by atoms with Gasteiger partial charge in [-0.25, -0.2) is 4.79 Å². The van der Waals surface area contributed by atoms with Crippen molar-refractivity contribution in [2.45, 2.75) is 19.5 Å². The number of piperidine rings is 1. The number of rotatable bonds is 2. The van der Waals surface area contributed by atoms with Crippen LogP contribution < -0.4 is 0 Å². The number of halogens is 3. The van der Waals surface area contributed by atoms with E-state index in [1.807, 2.05) is 0 Å². The molecule has 0 spiro atoms. The van der Waals surface area contributed by atoms with Crippen molar-refractivity contribution in [1.82, 2.24) is 4.90 Å². The monoisotopic (exact) mass is 267 g/mol. The minimum Gasteiger partial charge on any atom is -0.450 e. The number of hydrogen-bond donors (Lipinski definition) is 0. The summed E-state index contributed by atoms with van der Waals surface area (Å²) in [6, 6.07) is 0. The molecule has 0 aromatic carbocycles. The Balaban J connectivity index is 2.76. The van der Waals surface area contributed by atoms with E-state index in [9.17, 15) is 27.6 Å². The first-order chi connectivity index (χ1) is 8.27. The number of carbonyl (C=O) groups is 3. The number of amides is 1. The molecule has 5 nitrogen and oxygen atoms in total. The van der Waals surface area contributed by atoms with Gasteiger partial charge in [-0.2, -0.15) is 13.2 Å². The summed E-state index contributed by atoms with van der Waals surface area (Å²) in [5, 5.41) is 0. The Morgan fingerprint density at radius 2 is 2.06 bits per heavy atom. The number of ether oxygens (including phenoxy) is 1. The Kier molecular flexibility index (Phi) is 4.31. The highest BCUT2D eigenvalue weighted by molar-refractivity contribution is 6.05. The molecular weight excluding hydrogens is 255 g/mol. The van der Waals surface area contributed by atoms with Gasteiger partial charge in [0.25, 0.3) is 0 Å². The molecule has 0 aromatic heterocycles. The molecule has 1 amide bonds. The fourth-order valence-corrected chi connectivity index (χ4v) is 1.64. The van der Waals surface area contributed by atoms with Crippen LogP contribution in [0.25, 0.3) is 0 Å². The van der Waals surface area contributed by atoms with Gasteiger partial charge in [0.05, 0.1) is 6.61 Å². The topological polar surface area (TPSA) is 63.7 Å². The summed E-state index contributed by atoms with van der Waals surface area (Å²) in [4.78, 5) is 34.6. The van der Waals surface area contributed by atoms with Crippen LogP contribution in [0.2, 0.25) is 0 Å². The van der Waals surface area contributed by atoms with Crippen molar-refractivity contribution in [2.24, 2.45) is 5.92 Å². The number of carbonyl (C=O) groups excluding carboxylic acids is 3. The van der Waals surface area contributed by atoms with E-state index in [1.165, 1.54) is 0 Å². The smallest absolute Gasteiger partial charge is 0.450 e. The van der Waals surface area contributed by atoms with Crippen LogP contribution >= 0.6 is 0 Å². The van der Waals surface area contributed by atoms with Crippen LogP contribution in [-0.4, -0.2) is 48.4 Å². The van der Waals surface area contributed by atoms with Gasteiger partial charge in [-0.05, 0) is 6.92 Å². The number of Topliss-reactive ketones (excluding diaryl/α,β-unsaturated/α-hetero) is 2. The highest BCUT2D eigenvalue weighted by Gasteiger charge is 2.48. The lowest BCUT2D eigenvalue weighted by Gasteiger charge is -2.30. The molecule has 0 aliphatic carbocycles. The molecule has 1 aliphatic rings. The standard InChI is InChI=1S/C10H12F3NO4/c1-2-18-9(17)14-4-3-7(15)6(5-14)8(16)10(11,12)13/h6H,2-5H2,1H3. The molecule has 0 saturated carbocycles. The lowest BCUT2D eigenvalue weighted by Crippen LogP contribution is -2.49. The van der Waals surface area contributed by atoms with Crippen LogP contribution in [0.5, 0.6) is 0 Å². The van der Waals surface area contributed by atoms with Gasteiger partial charge < -0.3 is 9.64 Å². The molecule has 0 aromatic rings. The molecular formula is C10H12F3NO4. The van der Waals surface area contributed by atoms with E-state index in [0.29, 0.717) is 0 Å². The molecule has 0 bridgehead atoms. The third-order valence-electron chi connectivity index (χ3n) is 2.54. The molecule has 1 atom stereocenters. The quantitative estimate of drug-likeness (QED) is 0.704. The summed E-state index contributed by atoms with van der Waals surface area (Å²) >= 11 is 0. The van der Waals surface area contributed by atoms with Gasteiger partial charge >= 0.3 is 12.3 Å². The fourth-order valence-electron chi connectivity index (χ4n) is 1.64. The van der Waals surface area contributed by atoms with E-state index in [0.717, 1.165) is 4.90 Å². The lowest BCUT2D eigenvalue weighted by atomic mass is 9.92. The minimum absolute atomic E-state index is 0.0285. The number of alkyl halides is 3.